The predicted molar refractivity (Wildman–Crippen MR) is 79.3 cm³/mol. The van der Waals surface area contributed by atoms with Crippen LogP contribution >= 0.6 is 0 Å². The fourth-order valence-corrected chi connectivity index (χ4v) is 2.69. The van der Waals surface area contributed by atoms with Crippen LogP contribution in [0.2, 0.25) is 0 Å². The average molecular weight is 278 g/mol. The van der Waals surface area contributed by atoms with E-state index in [1.54, 1.807) is 0 Å². The van der Waals surface area contributed by atoms with Gasteiger partial charge in [0.05, 0.1) is 6.04 Å². The van der Waals surface area contributed by atoms with E-state index in [9.17, 15) is 0 Å². The summed E-state index contributed by atoms with van der Waals surface area (Å²) in [7, 11) is 1.99. The number of nitrogen functional groups attached to an aromatic ring is 1. The molecule has 2 aliphatic rings. The van der Waals surface area contributed by atoms with Crippen molar-refractivity contribution in [3.63, 3.8) is 0 Å². The fraction of sp³-hybridized carbons (Fsp3) is 0.692. The maximum absolute atomic E-state index is 6.01. The molecule has 1 fully saturated rings. The van der Waals surface area contributed by atoms with E-state index in [0.717, 1.165) is 31.1 Å². The molecule has 7 heteroatoms. The van der Waals surface area contributed by atoms with Gasteiger partial charge in [-0.2, -0.15) is 9.97 Å². The van der Waals surface area contributed by atoms with Gasteiger partial charge in [0.25, 0.3) is 0 Å². The number of fused-ring (bicyclic) bond motifs is 1. The molecule has 2 aliphatic heterocycles. The van der Waals surface area contributed by atoms with Crippen LogP contribution in [-0.4, -0.2) is 48.3 Å². The molecule has 3 atom stereocenters. The average Bonchev–Trinajstić information content (AvgIpc) is 2.88. The third-order valence-electron chi connectivity index (χ3n) is 4.13. The van der Waals surface area contributed by atoms with Gasteiger partial charge in [-0.3, -0.25) is 0 Å². The van der Waals surface area contributed by atoms with E-state index < -0.39 is 0 Å². The Morgan fingerprint density at radius 1 is 1.40 bits per heavy atom. The van der Waals surface area contributed by atoms with Crippen molar-refractivity contribution in [2.75, 3.05) is 36.1 Å². The molecule has 4 N–H and O–H groups in total. The van der Waals surface area contributed by atoms with E-state index in [4.69, 9.17) is 10.5 Å². The van der Waals surface area contributed by atoms with Crippen LogP contribution in [0.15, 0.2) is 0 Å². The Kier molecular flexibility index (Phi) is 3.29. The van der Waals surface area contributed by atoms with Crippen LogP contribution in [0.25, 0.3) is 0 Å². The lowest BCUT2D eigenvalue weighted by Gasteiger charge is -2.32. The van der Waals surface area contributed by atoms with E-state index in [2.05, 4.69) is 32.4 Å². The Balaban J connectivity index is 1.95. The number of ether oxygens (including phenoxy) is 1. The molecule has 0 unspecified atom stereocenters. The van der Waals surface area contributed by atoms with Crippen molar-refractivity contribution >= 4 is 17.6 Å². The van der Waals surface area contributed by atoms with Crippen LogP contribution in [0, 0.1) is 0 Å². The molecule has 1 aromatic heterocycles. The highest BCUT2D eigenvalue weighted by Crippen LogP contribution is 2.39. The molecule has 20 heavy (non-hydrogen) atoms. The zero-order valence-corrected chi connectivity index (χ0v) is 12.2. The predicted octanol–water partition coefficient (Wildman–Crippen LogP) is 0.438. The van der Waals surface area contributed by atoms with E-state index in [1.807, 2.05) is 14.0 Å². The van der Waals surface area contributed by atoms with Crippen LogP contribution in [0.3, 0.4) is 0 Å². The lowest BCUT2D eigenvalue weighted by molar-refractivity contribution is 0.192. The third kappa shape index (κ3) is 2.22. The highest BCUT2D eigenvalue weighted by atomic mass is 16.5. The molecule has 3 rings (SSSR count). The molecule has 1 saturated heterocycles. The van der Waals surface area contributed by atoms with E-state index in [-0.39, 0.29) is 18.1 Å². The lowest BCUT2D eigenvalue weighted by Crippen LogP contribution is -2.39. The summed E-state index contributed by atoms with van der Waals surface area (Å²) < 4.78 is 6.01. The summed E-state index contributed by atoms with van der Waals surface area (Å²) in [4.78, 5) is 10.9. The molecular formula is C13H22N6O. The number of hydrogen-bond donors (Lipinski definition) is 3. The summed E-state index contributed by atoms with van der Waals surface area (Å²) in [5.41, 5.74) is 5.84. The summed E-state index contributed by atoms with van der Waals surface area (Å²) in [5.74, 6) is 2.51. The maximum Gasteiger partial charge on any atom is 0.224 e. The van der Waals surface area contributed by atoms with Crippen LogP contribution in [0.1, 0.15) is 20.3 Å². The molecule has 0 bridgehead atoms. The summed E-state index contributed by atoms with van der Waals surface area (Å²) >= 11 is 0. The molecule has 0 radical (unpaired) electrons. The Bertz CT molecular complexity index is 508. The van der Waals surface area contributed by atoms with Crippen molar-refractivity contribution in [2.45, 2.75) is 38.5 Å². The normalized spacial score (nSPS) is 28.8. The molecule has 0 aliphatic carbocycles. The smallest absolute Gasteiger partial charge is 0.224 e. The Morgan fingerprint density at radius 2 is 2.20 bits per heavy atom. The van der Waals surface area contributed by atoms with Crippen molar-refractivity contribution in [3.8, 4) is 5.75 Å². The number of nitrogens with one attached hydrogen (secondary N) is 2. The minimum atomic E-state index is 0.0798. The van der Waals surface area contributed by atoms with Gasteiger partial charge in [0.1, 0.15) is 6.10 Å². The van der Waals surface area contributed by atoms with Crippen molar-refractivity contribution in [3.05, 3.63) is 0 Å². The summed E-state index contributed by atoms with van der Waals surface area (Å²) in [5, 5.41) is 6.64. The number of nitrogens with two attached hydrogens (primary N) is 1. The number of anilines is 3. The van der Waals surface area contributed by atoms with Gasteiger partial charge in [-0.1, -0.05) is 0 Å². The highest BCUT2D eigenvalue weighted by molar-refractivity contribution is 5.69. The van der Waals surface area contributed by atoms with Gasteiger partial charge in [-0.05, 0) is 27.3 Å². The first-order valence-corrected chi connectivity index (χ1v) is 7.11. The summed E-state index contributed by atoms with van der Waals surface area (Å²) in [6.07, 6.45) is 1.17. The monoisotopic (exact) mass is 278 g/mol. The molecule has 1 aromatic rings. The number of nitrogens with zero attached hydrogens (tertiary/aromatic N) is 3. The van der Waals surface area contributed by atoms with Crippen LogP contribution in [-0.2, 0) is 0 Å². The van der Waals surface area contributed by atoms with Crippen LogP contribution in [0.4, 0.5) is 17.6 Å². The first-order valence-electron chi connectivity index (χ1n) is 7.11. The Hall–Kier alpha value is -1.76. The minimum Gasteiger partial charge on any atom is -0.481 e. The summed E-state index contributed by atoms with van der Waals surface area (Å²) in [6.45, 7) is 5.97. The fourth-order valence-electron chi connectivity index (χ4n) is 2.69. The molecule has 0 spiro atoms. The van der Waals surface area contributed by atoms with E-state index >= 15 is 0 Å². The van der Waals surface area contributed by atoms with E-state index in [1.165, 1.54) is 0 Å². The van der Waals surface area contributed by atoms with Gasteiger partial charge in [-0.15, -0.1) is 0 Å². The first kappa shape index (κ1) is 13.2. The van der Waals surface area contributed by atoms with E-state index in [0.29, 0.717) is 11.9 Å². The van der Waals surface area contributed by atoms with Crippen LogP contribution < -0.4 is 26.0 Å². The Morgan fingerprint density at radius 3 is 2.90 bits per heavy atom. The maximum atomic E-state index is 6.01. The quantitative estimate of drug-likeness (QED) is 0.723. The zero-order valence-electron chi connectivity index (χ0n) is 12.2. The molecule has 0 saturated carbocycles. The summed E-state index contributed by atoms with van der Waals surface area (Å²) in [6, 6.07) is 0.683. The SMILES string of the molecule is CN[C@@H]1CCN(c2nc(N)nc3c2O[C@@H](C)[C@@H](C)N3)C1. The van der Waals surface area contributed by atoms with Gasteiger partial charge in [0.2, 0.25) is 11.7 Å². The van der Waals surface area contributed by atoms with Crippen molar-refractivity contribution in [2.24, 2.45) is 0 Å². The lowest BCUT2D eigenvalue weighted by atomic mass is 10.2. The number of rotatable bonds is 2. The molecule has 110 valence electrons. The number of hydrogen-bond acceptors (Lipinski definition) is 7. The largest absolute Gasteiger partial charge is 0.481 e. The highest BCUT2D eigenvalue weighted by Gasteiger charge is 2.32. The minimum absolute atomic E-state index is 0.0798. The van der Waals surface area contributed by atoms with Gasteiger partial charge in [-0.25, -0.2) is 0 Å². The second-order valence-electron chi connectivity index (χ2n) is 5.56. The van der Waals surface area contributed by atoms with Gasteiger partial charge < -0.3 is 26.0 Å². The van der Waals surface area contributed by atoms with Crippen molar-refractivity contribution in [1.29, 1.82) is 0 Å². The molecular weight excluding hydrogens is 256 g/mol. The zero-order chi connectivity index (χ0) is 14.3. The Labute approximate surface area is 118 Å². The van der Waals surface area contributed by atoms with Gasteiger partial charge in [0.15, 0.2) is 11.6 Å². The standard InChI is InChI=1S/C13H22N6O/c1-7-8(2)20-10-11(16-7)17-13(14)18-12(10)19-5-4-9(6-19)15-3/h7-9,15H,4-6H2,1-3H3,(H3,14,16,17,18)/t7-,8+,9-/m1/s1. The topological polar surface area (TPSA) is 88.3 Å². The first-order chi connectivity index (χ1) is 9.58. The van der Waals surface area contributed by atoms with Crippen LogP contribution in [0.5, 0.6) is 5.75 Å². The number of likely N-dealkylation sites (N-methyl/N-ethyl adjacent to an activating group) is 1. The van der Waals surface area contributed by atoms with Crippen molar-refractivity contribution < 1.29 is 4.74 Å². The molecule has 3 heterocycles. The van der Waals surface area contributed by atoms with Gasteiger partial charge in [0, 0.05) is 19.1 Å². The molecule has 0 amide bonds. The molecule has 7 nitrogen and oxygen atoms in total. The van der Waals surface area contributed by atoms with Gasteiger partial charge >= 0.3 is 0 Å². The second-order valence-corrected chi connectivity index (χ2v) is 5.56. The molecule has 0 aromatic carbocycles. The number of aromatic nitrogens is 2. The van der Waals surface area contributed by atoms with Crippen molar-refractivity contribution in [1.82, 2.24) is 15.3 Å². The second kappa shape index (κ2) is 4.97. The third-order valence-corrected chi connectivity index (χ3v) is 4.13.